The van der Waals surface area contributed by atoms with Crippen molar-refractivity contribution in [3.05, 3.63) is 11.7 Å². The van der Waals surface area contributed by atoms with E-state index in [0.29, 0.717) is 6.04 Å². The Balaban J connectivity index is 1.80. The van der Waals surface area contributed by atoms with E-state index in [0.717, 1.165) is 37.8 Å². The molecule has 0 saturated carbocycles. The average molecular weight is 252 g/mol. The predicted octanol–water partition coefficient (Wildman–Crippen LogP) is 1.38. The lowest BCUT2D eigenvalue weighted by Gasteiger charge is -2.23. The summed E-state index contributed by atoms with van der Waals surface area (Å²) in [5.41, 5.74) is 0. The van der Waals surface area contributed by atoms with Crippen LogP contribution in [0.3, 0.4) is 0 Å². The highest BCUT2D eigenvalue weighted by Crippen LogP contribution is 2.07. The van der Waals surface area contributed by atoms with Crippen molar-refractivity contribution in [2.75, 3.05) is 26.2 Å². The van der Waals surface area contributed by atoms with E-state index in [4.69, 9.17) is 4.52 Å². The molecule has 0 bridgehead atoms. The standard InChI is InChI=1S/C13H24N4O/c1-3-5-12-10-17(8-4-7-14-12)9-6-13-15-11(2)16-18-13/h12,14H,3-10H2,1-2H3. The van der Waals surface area contributed by atoms with Gasteiger partial charge in [-0.1, -0.05) is 18.5 Å². The summed E-state index contributed by atoms with van der Waals surface area (Å²) >= 11 is 0. The average Bonchev–Trinajstić information content (AvgIpc) is 2.63. The molecule has 0 spiro atoms. The molecule has 0 aromatic carbocycles. The smallest absolute Gasteiger partial charge is 0.227 e. The Labute approximate surface area is 109 Å². The van der Waals surface area contributed by atoms with Crippen molar-refractivity contribution in [3.8, 4) is 0 Å². The van der Waals surface area contributed by atoms with Gasteiger partial charge in [-0.05, 0) is 32.9 Å². The van der Waals surface area contributed by atoms with Crippen LogP contribution >= 0.6 is 0 Å². The van der Waals surface area contributed by atoms with E-state index in [9.17, 15) is 0 Å². The van der Waals surface area contributed by atoms with E-state index in [-0.39, 0.29) is 0 Å². The number of nitrogens with one attached hydrogen (secondary N) is 1. The number of rotatable bonds is 5. The maximum absolute atomic E-state index is 5.16. The Morgan fingerprint density at radius 3 is 3.11 bits per heavy atom. The largest absolute Gasteiger partial charge is 0.339 e. The summed E-state index contributed by atoms with van der Waals surface area (Å²) in [5, 5.41) is 7.45. The third kappa shape index (κ3) is 4.07. The minimum Gasteiger partial charge on any atom is -0.339 e. The Morgan fingerprint density at radius 1 is 1.50 bits per heavy atom. The van der Waals surface area contributed by atoms with Gasteiger partial charge in [0.1, 0.15) is 0 Å². The first-order chi connectivity index (χ1) is 8.78. The number of aryl methyl sites for hydroxylation is 1. The van der Waals surface area contributed by atoms with E-state index in [1.54, 1.807) is 0 Å². The monoisotopic (exact) mass is 252 g/mol. The summed E-state index contributed by atoms with van der Waals surface area (Å²) in [6.07, 6.45) is 4.59. The van der Waals surface area contributed by atoms with Gasteiger partial charge in [0.05, 0.1) is 0 Å². The highest BCUT2D eigenvalue weighted by Gasteiger charge is 2.17. The van der Waals surface area contributed by atoms with Gasteiger partial charge in [0.2, 0.25) is 5.89 Å². The van der Waals surface area contributed by atoms with Crippen LogP contribution in [0.4, 0.5) is 0 Å². The summed E-state index contributed by atoms with van der Waals surface area (Å²) in [6.45, 7) is 8.57. The van der Waals surface area contributed by atoms with E-state index in [2.05, 4.69) is 27.3 Å². The number of nitrogens with zero attached hydrogens (tertiary/aromatic N) is 3. The van der Waals surface area contributed by atoms with Crippen LogP contribution in [0.5, 0.6) is 0 Å². The topological polar surface area (TPSA) is 54.2 Å². The van der Waals surface area contributed by atoms with Crippen LogP contribution < -0.4 is 5.32 Å². The molecule has 5 heteroatoms. The lowest BCUT2D eigenvalue weighted by atomic mass is 10.1. The molecule has 1 aliphatic rings. The maximum atomic E-state index is 5.16. The second-order valence-corrected chi connectivity index (χ2v) is 5.08. The first-order valence-corrected chi connectivity index (χ1v) is 7.03. The first-order valence-electron chi connectivity index (χ1n) is 7.03. The fraction of sp³-hybridized carbons (Fsp3) is 0.846. The summed E-state index contributed by atoms with van der Waals surface area (Å²) in [4.78, 5) is 6.77. The van der Waals surface area contributed by atoms with Crippen LogP contribution in [-0.4, -0.2) is 47.3 Å². The Kier molecular flexibility index (Phi) is 5.13. The van der Waals surface area contributed by atoms with E-state index >= 15 is 0 Å². The summed E-state index contributed by atoms with van der Waals surface area (Å²) in [7, 11) is 0. The van der Waals surface area contributed by atoms with E-state index in [1.807, 2.05) is 6.92 Å². The molecule has 2 heterocycles. The van der Waals surface area contributed by atoms with Gasteiger partial charge in [-0.3, -0.25) is 0 Å². The van der Waals surface area contributed by atoms with Gasteiger partial charge in [-0.25, -0.2) is 0 Å². The molecule has 1 saturated heterocycles. The third-order valence-electron chi connectivity index (χ3n) is 3.41. The zero-order valence-corrected chi connectivity index (χ0v) is 11.5. The fourth-order valence-electron chi connectivity index (χ4n) is 2.52. The van der Waals surface area contributed by atoms with E-state index in [1.165, 1.54) is 25.8 Å². The molecule has 0 radical (unpaired) electrons. The summed E-state index contributed by atoms with van der Waals surface area (Å²) in [5.74, 6) is 1.49. The third-order valence-corrected chi connectivity index (χ3v) is 3.41. The number of hydrogen-bond donors (Lipinski definition) is 1. The summed E-state index contributed by atoms with van der Waals surface area (Å²) in [6, 6.07) is 0.641. The molecule has 1 atom stereocenters. The second kappa shape index (κ2) is 6.85. The van der Waals surface area contributed by atoms with Gasteiger partial charge >= 0.3 is 0 Å². The Hall–Kier alpha value is -0.940. The van der Waals surface area contributed by atoms with Crippen molar-refractivity contribution in [1.29, 1.82) is 0 Å². The van der Waals surface area contributed by atoms with Gasteiger partial charge in [0.15, 0.2) is 5.82 Å². The molecule has 0 amide bonds. The molecular formula is C13H24N4O. The highest BCUT2D eigenvalue weighted by molar-refractivity contribution is 4.85. The molecule has 1 aromatic heterocycles. The molecule has 18 heavy (non-hydrogen) atoms. The minimum atomic E-state index is 0.641. The zero-order chi connectivity index (χ0) is 12.8. The lowest BCUT2D eigenvalue weighted by Crippen LogP contribution is -2.38. The molecule has 1 N–H and O–H groups in total. The molecule has 1 aliphatic heterocycles. The second-order valence-electron chi connectivity index (χ2n) is 5.08. The van der Waals surface area contributed by atoms with Crippen molar-refractivity contribution in [3.63, 3.8) is 0 Å². The molecule has 102 valence electrons. The normalized spacial score (nSPS) is 22.0. The van der Waals surface area contributed by atoms with Crippen molar-refractivity contribution in [2.45, 2.75) is 45.6 Å². The quantitative estimate of drug-likeness (QED) is 0.858. The van der Waals surface area contributed by atoms with Crippen molar-refractivity contribution >= 4 is 0 Å². The van der Waals surface area contributed by atoms with Crippen LogP contribution in [0.15, 0.2) is 4.52 Å². The van der Waals surface area contributed by atoms with Crippen LogP contribution in [0.2, 0.25) is 0 Å². The Bertz CT molecular complexity index is 353. The molecule has 1 fully saturated rings. The maximum Gasteiger partial charge on any atom is 0.227 e. The molecule has 2 rings (SSSR count). The van der Waals surface area contributed by atoms with Crippen LogP contribution in [0.1, 0.15) is 37.9 Å². The minimum absolute atomic E-state index is 0.641. The highest BCUT2D eigenvalue weighted by atomic mass is 16.5. The zero-order valence-electron chi connectivity index (χ0n) is 11.5. The molecule has 5 nitrogen and oxygen atoms in total. The number of aromatic nitrogens is 2. The van der Waals surface area contributed by atoms with Crippen molar-refractivity contribution < 1.29 is 4.52 Å². The molecule has 1 unspecified atom stereocenters. The van der Waals surface area contributed by atoms with E-state index < -0.39 is 0 Å². The Morgan fingerprint density at radius 2 is 2.39 bits per heavy atom. The molecule has 1 aromatic rings. The van der Waals surface area contributed by atoms with Crippen LogP contribution in [0.25, 0.3) is 0 Å². The van der Waals surface area contributed by atoms with Gasteiger partial charge < -0.3 is 14.7 Å². The van der Waals surface area contributed by atoms with Crippen LogP contribution in [-0.2, 0) is 6.42 Å². The lowest BCUT2D eigenvalue weighted by molar-refractivity contribution is 0.253. The molecular weight excluding hydrogens is 228 g/mol. The van der Waals surface area contributed by atoms with Gasteiger partial charge in [-0.2, -0.15) is 4.98 Å². The SMILES string of the molecule is CCCC1CN(CCc2nc(C)no2)CCCN1. The fourth-order valence-corrected chi connectivity index (χ4v) is 2.52. The number of hydrogen-bond acceptors (Lipinski definition) is 5. The van der Waals surface area contributed by atoms with Crippen LogP contribution in [0, 0.1) is 6.92 Å². The van der Waals surface area contributed by atoms with Gasteiger partial charge in [-0.15, -0.1) is 0 Å². The van der Waals surface area contributed by atoms with Gasteiger partial charge in [0.25, 0.3) is 0 Å². The molecule has 0 aliphatic carbocycles. The first kappa shape index (κ1) is 13.5. The predicted molar refractivity (Wildman–Crippen MR) is 70.5 cm³/mol. The summed E-state index contributed by atoms with van der Waals surface area (Å²) < 4.78 is 5.16. The van der Waals surface area contributed by atoms with Crippen molar-refractivity contribution in [1.82, 2.24) is 20.4 Å². The van der Waals surface area contributed by atoms with Crippen molar-refractivity contribution in [2.24, 2.45) is 0 Å². The van der Waals surface area contributed by atoms with Gasteiger partial charge in [0, 0.05) is 25.6 Å².